The van der Waals surface area contributed by atoms with Crippen molar-refractivity contribution in [2.24, 2.45) is 35.5 Å². The van der Waals surface area contributed by atoms with Crippen LogP contribution in [0.5, 0.6) is 0 Å². The molecule has 82 valence electrons. The molecule has 3 aliphatic carbocycles. The van der Waals surface area contributed by atoms with E-state index in [4.69, 9.17) is 0 Å². The van der Waals surface area contributed by atoms with Crippen molar-refractivity contribution in [1.29, 1.82) is 0 Å². The van der Waals surface area contributed by atoms with Crippen LogP contribution in [-0.2, 0) is 0 Å². The van der Waals surface area contributed by atoms with E-state index in [1.807, 2.05) is 0 Å². The third-order valence-corrected chi connectivity index (χ3v) is 4.89. The lowest BCUT2D eigenvalue weighted by molar-refractivity contribution is -0.0278. The molecule has 0 aromatic heterocycles. The predicted octanol–water partition coefficient (Wildman–Crippen LogP) is 4.35. The summed E-state index contributed by atoms with van der Waals surface area (Å²) in [4.78, 5) is 0. The SMILES string of the molecule is CC(C)[C@H]1C2CCC(CC2)[C@@H]1C(C)C. The molecule has 3 rings (SSSR count). The fourth-order valence-electron chi connectivity index (χ4n) is 4.52. The molecule has 14 heavy (non-hydrogen) atoms. The van der Waals surface area contributed by atoms with Gasteiger partial charge in [0.15, 0.2) is 0 Å². The molecule has 0 amide bonds. The number of rotatable bonds is 2. The van der Waals surface area contributed by atoms with Crippen LogP contribution >= 0.6 is 0 Å². The highest BCUT2D eigenvalue weighted by molar-refractivity contribution is 4.94. The highest BCUT2D eigenvalue weighted by atomic mass is 14.5. The minimum atomic E-state index is 0.912. The van der Waals surface area contributed by atoms with E-state index < -0.39 is 0 Å². The molecule has 0 heterocycles. The summed E-state index contributed by atoms with van der Waals surface area (Å²) in [5, 5.41) is 0. The van der Waals surface area contributed by atoms with E-state index in [0.717, 1.165) is 35.5 Å². The van der Waals surface area contributed by atoms with Crippen molar-refractivity contribution >= 4 is 0 Å². The molecule has 0 heteroatoms. The molecule has 3 fully saturated rings. The van der Waals surface area contributed by atoms with Crippen LogP contribution < -0.4 is 0 Å². The Morgan fingerprint density at radius 3 is 1.14 bits per heavy atom. The maximum atomic E-state index is 2.45. The Morgan fingerprint density at radius 1 is 0.643 bits per heavy atom. The van der Waals surface area contributed by atoms with Crippen molar-refractivity contribution in [3.8, 4) is 0 Å². The smallest absolute Gasteiger partial charge is 0.0329 e. The highest BCUT2D eigenvalue weighted by Crippen LogP contribution is 2.53. The molecule has 0 N–H and O–H groups in total. The van der Waals surface area contributed by atoms with Gasteiger partial charge in [0.05, 0.1) is 0 Å². The number of hydrogen-bond acceptors (Lipinski definition) is 0. The van der Waals surface area contributed by atoms with Gasteiger partial charge >= 0.3 is 0 Å². The first kappa shape index (κ1) is 10.5. The summed E-state index contributed by atoms with van der Waals surface area (Å²) in [5.41, 5.74) is 0. The van der Waals surface area contributed by atoms with Gasteiger partial charge in [-0.2, -0.15) is 0 Å². The Kier molecular flexibility index (Phi) is 2.91. The summed E-state index contributed by atoms with van der Waals surface area (Å²) in [7, 11) is 0. The fraction of sp³-hybridized carbons (Fsp3) is 1.00. The second kappa shape index (κ2) is 3.87. The van der Waals surface area contributed by atoms with Gasteiger partial charge in [0, 0.05) is 0 Å². The molecule has 0 nitrogen and oxygen atoms in total. The molecule has 0 aliphatic heterocycles. The number of hydrogen-bond donors (Lipinski definition) is 0. The second-order valence-electron chi connectivity index (χ2n) is 6.32. The highest BCUT2D eigenvalue weighted by Gasteiger charge is 2.45. The first-order valence-electron chi connectivity index (χ1n) is 6.61. The molecule has 0 saturated heterocycles. The molecule has 2 bridgehead atoms. The Bertz CT molecular complexity index is 162. The van der Waals surface area contributed by atoms with Gasteiger partial charge in [-0.25, -0.2) is 0 Å². The molecular formula is C14H26. The fourth-order valence-corrected chi connectivity index (χ4v) is 4.52. The maximum absolute atomic E-state index is 2.45. The van der Waals surface area contributed by atoms with Crippen molar-refractivity contribution < 1.29 is 0 Å². The van der Waals surface area contributed by atoms with E-state index in [1.54, 1.807) is 0 Å². The van der Waals surface area contributed by atoms with Crippen LogP contribution in [-0.4, -0.2) is 0 Å². The average molecular weight is 194 g/mol. The van der Waals surface area contributed by atoms with Crippen LogP contribution in [0.2, 0.25) is 0 Å². The van der Waals surface area contributed by atoms with Gasteiger partial charge in [0.1, 0.15) is 0 Å². The van der Waals surface area contributed by atoms with Crippen LogP contribution in [0, 0.1) is 35.5 Å². The molecule has 0 aromatic carbocycles. The number of fused-ring (bicyclic) bond motifs is 3. The third kappa shape index (κ3) is 1.61. The van der Waals surface area contributed by atoms with Crippen molar-refractivity contribution in [2.75, 3.05) is 0 Å². The zero-order valence-corrected chi connectivity index (χ0v) is 10.3. The van der Waals surface area contributed by atoms with E-state index in [-0.39, 0.29) is 0 Å². The molecular weight excluding hydrogens is 168 g/mol. The van der Waals surface area contributed by atoms with Crippen LogP contribution in [0.3, 0.4) is 0 Å². The lowest BCUT2D eigenvalue weighted by atomic mass is 9.53. The Morgan fingerprint density at radius 2 is 0.929 bits per heavy atom. The van der Waals surface area contributed by atoms with Gasteiger partial charge in [-0.15, -0.1) is 0 Å². The van der Waals surface area contributed by atoms with Crippen LogP contribution in [0.4, 0.5) is 0 Å². The first-order chi connectivity index (χ1) is 6.61. The van der Waals surface area contributed by atoms with Gasteiger partial charge in [0.25, 0.3) is 0 Å². The van der Waals surface area contributed by atoms with E-state index in [0.29, 0.717) is 0 Å². The Labute approximate surface area is 89.5 Å². The summed E-state index contributed by atoms with van der Waals surface area (Å²) in [6, 6.07) is 0. The Balaban J connectivity index is 2.18. The molecule has 0 spiro atoms. The van der Waals surface area contributed by atoms with Gasteiger partial charge in [-0.3, -0.25) is 0 Å². The topological polar surface area (TPSA) is 0 Å². The largest absolute Gasteiger partial charge is 0.0625 e. The summed E-state index contributed by atoms with van der Waals surface area (Å²) < 4.78 is 0. The van der Waals surface area contributed by atoms with E-state index in [1.165, 1.54) is 25.7 Å². The molecule has 0 aromatic rings. The minimum absolute atomic E-state index is 0.912. The quantitative estimate of drug-likeness (QED) is 0.613. The minimum Gasteiger partial charge on any atom is -0.0625 e. The summed E-state index contributed by atoms with van der Waals surface area (Å²) in [6.07, 6.45) is 6.15. The van der Waals surface area contributed by atoms with Gasteiger partial charge < -0.3 is 0 Å². The van der Waals surface area contributed by atoms with Crippen molar-refractivity contribution in [3.05, 3.63) is 0 Å². The molecule has 0 unspecified atom stereocenters. The maximum Gasteiger partial charge on any atom is -0.0329 e. The monoisotopic (exact) mass is 194 g/mol. The third-order valence-electron chi connectivity index (χ3n) is 4.89. The van der Waals surface area contributed by atoms with E-state index >= 15 is 0 Å². The van der Waals surface area contributed by atoms with E-state index in [9.17, 15) is 0 Å². The van der Waals surface area contributed by atoms with E-state index in [2.05, 4.69) is 27.7 Å². The van der Waals surface area contributed by atoms with Crippen molar-refractivity contribution in [1.82, 2.24) is 0 Å². The zero-order valence-electron chi connectivity index (χ0n) is 10.3. The van der Waals surface area contributed by atoms with Gasteiger partial charge in [-0.1, -0.05) is 27.7 Å². The van der Waals surface area contributed by atoms with Crippen molar-refractivity contribution in [2.45, 2.75) is 53.4 Å². The zero-order chi connectivity index (χ0) is 10.3. The molecule has 3 aliphatic rings. The summed E-state index contributed by atoms with van der Waals surface area (Å²) in [5.74, 6) is 6.07. The van der Waals surface area contributed by atoms with Crippen LogP contribution in [0.15, 0.2) is 0 Å². The molecule has 2 atom stereocenters. The lowest BCUT2D eigenvalue weighted by Gasteiger charge is -2.52. The average Bonchev–Trinajstić information content (AvgIpc) is 2.17. The van der Waals surface area contributed by atoms with Crippen LogP contribution in [0.25, 0.3) is 0 Å². The predicted molar refractivity (Wildman–Crippen MR) is 62.1 cm³/mol. The van der Waals surface area contributed by atoms with Gasteiger partial charge in [-0.05, 0) is 61.2 Å². The first-order valence-corrected chi connectivity index (χ1v) is 6.61. The van der Waals surface area contributed by atoms with Crippen molar-refractivity contribution in [3.63, 3.8) is 0 Å². The normalized spacial score (nSPS) is 42.4. The summed E-state index contributed by atoms with van der Waals surface area (Å²) in [6.45, 7) is 9.78. The standard InChI is InChI=1S/C14H26/c1-9(2)13-11-5-7-12(8-6-11)14(13)10(3)4/h9-14H,5-8H2,1-4H3/t11?,12?,13-,14-/m0/s1. The molecule has 0 radical (unpaired) electrons. The molecule has 3 saturated carbocycles. The lowest BCUT2D eigenvalue weighted by Crippen LogP contribution is -2.44. The second-order valence-corrected chi connectivity index (χ2v) is 6.32. The van der Waals surface area contributed by atoms with Gasteiger partial charge in [0.2, 0.25) is 0 Å². The Hall–Kier alpha value is 0. The van der Waals surface area contributed by atoms with Crippen LogP contribution in [0.1, 0.15) is 53.4 Å². The summed E-state index contributed by atoms with van der Waals surface area (Å²) >= 11 is 0.